The summed E-state index contributed by atoms with van der Waals surface area (Å²) in [7, 11) is 0. The van der Waals surface area contributed by atoms with Gasteiger partial charge in [-0.1, -0.05) is 18.2 Å². The molecule has 1 rings (SSSR count). The number of benzene rings is 1. The van der Waals surface area contributed by atoms with Crippen molar-refractivity contribution in [2.75, 3.05) is 18.2 Å². The van der Waals surface area contributed by atoms with Crippen molar-refractivity contribution in [1.82, 2.24) is 0 Å². The van der Waals surface area contributed by atoms with Gasteiger partial charge in [-0.2, -0.15) is 0 Å². The molecule has 0 unspecified atom stereocenters. The van der Waals surface area contributed by atoms with Gasteiger partial charge in [0, 0.05) is 6.54 Å². The van der Waals surface area contributed by atoms with E-state index >= 15 is 0 Å². The molecule has 0 aliphatic heterocycles. The summed E-state index contributed by atoms with van der Waals surface area (Å²) >= 11 is 0. The van der Waals surface area contributed by atoms with Crippen LogP contribution in [0.25, 0.3) is 0 Å². The van der Waals surface area contributed by atoms with Gasteiger partial charge in [0.25, 0.3) is 0 Å². The van der Waals surface area contributed by atoms with Crippen LogP contribution in [0.2, 0.25) is 0 Å². The highest BCUT2D eigenvalue weighted by Crippen LogP contribution is 2.08. The Balaban J connectivity index is 2.61. The second-order valence-corrected chi connectivity index (χ2v) is 2.25. The van der Waals surface area contributed by atoms with Gasteiger partial charge in [-0.25, -0.2) is 0 Å². The molecule has 1 aromatic carbocycles. The van der Waals surface area contributed by atoms with Crippen molar-refractivity contribution in [3.05, 3.63) is 30.3 Å². The number of anilines is 1. The monoisotopic (exact) mass is 152 g/mol. The minimum absolute atomic E-state index is 0.450. The smallest absolute Gasteiger partial charge is 0.0634 e. The molecule has 1 aromatic rings. The van der Waals surface area contributed by atoms with E-state index < -0.39 is 0 Å². The van der Waals surface area contributed by atoms with E-state index in [2.05, 4.69) is 0 Å². The predicted molar refractivity (Wildman–Crippen MR) is 44.6 cm³/mol. The number of rotatable bonds is 3. The topological polar surface area (TPSA) is 49.5 Å². The normalized spacial score (nSPS) is 9.64. The SMILES string of the molecule is NCCN(O)c1ccccc1. The minimum atomic E-state index is 0.450. The van der Waals surface area contributed by atoms with Crippen LogP contribution in [-0.2, 0) is 0 Å². The Morgan fingerprint density at radius 3 is 2.45 bits per heavy atom. The zero-order chi connectivity index (χ0) is 8.10. The van der Waals surface area contributed by atoms with E-state index in [0.29, 0.717) is 13.1 Å². The third-order valence-electron chi connectivity index (χ3n) is 1.40. The van der Waals surface area contributed by atoms with Crippen LogP contribution in [0.15, 0.2) is 30.3 Å². The molecule has 0 saturated heterocycles. The molecule has 0 spiro atoms. The van der Waals surface area contributed by atoms with E-state index in [0.717, 1.165) is 10.8 Å². The maximum Gasteiger partial charge on any atom is 0.0634 e. The average Bonchev–Trinajstić information content (AvgIpc) is 2.07. The average molecular weight is 152 g/mol. The van der Waals surface area contributed by atoms with E-state index in [4.69, 9.17) is 5.73 Å². The lowest BCUT2D eigenvalue weighted by Crippen LogP contribution is -2.25. The minimum Gasteiger partial charge on any atom is -0.329 e. The number of para-hydroxylation sites is 1. The van der Waals surface area contributed by atoms with Crippen molar-refractivity contribution in [2.45, 2.75) is 0 Å². The molecule has 0 atom stereocenters. The molecule has 0 radical (unpaired) electrons. The van der Waals surface area contributed by atoms with Gasteiger partial charge in [-0.05, 0) is 12.1 Å². The highest BCUT2D eigenvalue weighted by molar-refractivity contribution is 5.42. The van der Waals surface area contributed by atoms with Crippen molar-refractivity contribution in [3.8, 4) is 0 Å². The van der Waals surface area contributed by atoms with Gasteiger partial charge in [0.2, 0.25) is 0 Å². The van der Waals surface area contributed by atoms with Gasteiger partial charge in [0.1, 0.15) is 0 Å². The first-order valence-corrected chi connectivity index (χ1v) is 3.56. The Hall–Kier alpha value is -1.06. The summed E-state index contributed by atoms with van der Waals surface area (Å²) in [5.41, 5.74) is 6.04. The van der Waals surface area contributed by atoms with Gasteiger partial charge < -0.3 is 5.73 Å². The van der Waals surface area contributed by atoms with Gasteiger partial charge >= 0.3 is 0 Å². The van der Waals surface area contributed by atoms with Crippen LogP contribution in [0.3, 0.4) is 0 Å². The molecule has 0 aliphatic rings. The summed E-state index contributed by atoms with van der Waals surface area (Å²) in [6.07, 6.45) is 0. The van der Waals surface area contributed by atoms with Crippen LogP contribution in [-0.4, -0.2) is 18.3 Å². The van der Waals surface area contributed by atoms with Crippen molar-refractivity contribution in [2.24, 2.45) is 5.73 Å². The molecule has 3 N–H and O–H groups in total. The highest BCUT2D eigenvalue weighted by atomic mass is 16.5. The van der Waals surface area contributed by atoms with Crippen LogP contribution in [0, 0.1) is 0 Å². The summed E-state index contributed by atoms with van der Waals surface area (Å²) in [6.45, 7) is 0.912. The fourth-order valence-corrected chi connectivity index (χ4v) is 0.851. The second-order valence-electron chi connectivity index (χ2n) is 2.25. The van der Waals surface area contributed by atoms with E-state index in [1.165, 1.54) is 0 Å². The third-order valence-corrected chi connectivity index (χ3v) is 1.40. The van der Waals surface area contributed by atoms with Gasteiger partial charge in [-0.15, -0.1) is 0 Å². The molecule has 3 nitrogen and oxygen atoms in total. The van der Waals surface area contributed by atoms with Crippen molar-refractivity contribution >= 4 is 5.69 Å². The van der Waals surface area contributed by atoms with E-state index in [9.17, 15) is 5.21 Å². The van der Waals surface area contributed by atoms with Crippen LogP contribution in [0.4, 0.5) is 5.69 Å². The molecule has 0 saturated carbocycles. The zero-order valence-corrected chi connectivity index (χ0v) is 6.27. The fourth-order valence-electron chi connectivity index (χ4n) is 0.851. The molecule has 0 aliphatic carbocycles. The van der Waals surface area contributed by atoms with Crippen LogP contribution in [0.1, 0.15) is 0 Å². The van der Waals surface area contributed by atoms with Gasteiger partial charge in [-0.3, -0.25) is 10.3 Å². The number of hydroxylamine groups is 1. The third kappa shape index (κ3) is 2.22. The Kier molecular flexibility index (Phi) is 2.89. The van der Waals surface area contributed by atoms with Crippen LogP contribution >= 0.6 is 0 Å². The largest absolute Gasteiger partial charge is 0.329 e. The van der Waals surface area contributed by atoms with Crippen molar-refractivity contribution in [3.63, 3.8) is 0 Å². The van der Waals surface area contributed by atoms with Crippen molar-refractivity contribution in [1.29, 1.82) is 0 Å². The summed E-state index contributed by atoms with van der Waals surface area (Å²) in [5.74, 6) is 0. The molecule has 0 bridgehead atoms. The molecule has 60 valence electrons. The first-order valence-electron chi connectivity index (χ1n) is 3.56. The highest BCUT2D eigenvalue weighted by Gasteiger charge is 1.97. The molecule has 3 heteroatoms. The molecule has 0 fully saturated rings. The first-order chi connectivity index (χ1) is 5.34. The summed E-state index contributed by atoms with van der Waals surface area (Å²) in [5, 5.41) is 10.4. The van der Waals surface area contributed by atoms with Gasteiger partial charge in [0.05, 0.1) is 12.2 Å². The summed E-state index contributed by atoms with van der Waals surface area (Å²) in [6, 6.07) is 9.30. The second kappa shape index (κ2) is 3.95. The molecule has 0 amide bonds. The number of nitrogens with two attached hydrogens (primary N) is 1. The summed E-state index contributed by atoms with van der Waals surface area (Å²) in [4.78, 5) is 0. The lowest BCUT2D eigenvalue weighted by molar-refractivity contribution is 0.257. The summed E-state index contributed by atoms with van der Waals surface area (Å²) < 4.78 is 0. The molecule has 11 heavy (non-hydrogen) atoms. The molecular formula is C8H12N2O. The van der Waals surface area contributed by atoms with E-state index in [1.807, 2.05) is 30.3 Å². The predicted octanol–water partition coefficient (Wildman–Crippen LogP) is 0.841. The Labute approximate surface area is 66.0 Å². The Morgan fingerprint density at radius 2 is 1.91 bits per heavy atom. The van der Waals surface area contributed by atoms with Crippen LogP contribution < -0.4 is 10.8 Å². The maximum absolute atomic E-state index is 9.27. The maximum atomic E-state index is 9.27. The number of hydrogen-bond donors (Lipinski definition) is 2. The van der Waals surface area contributed by atoms with Gasteiger partial charge in [0.15, 0.2) is 0 Å². The van der Waals surface area contributed by atoms with E-state index in [-0.39, 0.29) is 0 Å². The standard InChI is InChI=1S/C8H12N2O/c9-6-7-10(11)8-4-2-1-3-5-8/h1-5,11H,6-7,9H2. The van der Waals surface area contributed by atoms with Crippen molar-refractivity contribution < 1.29 is 5.21 Å². The van der Waals surface area contributed by atoms with E-state index in [1.54, 1.807) is 0 Å². The molecule has 0 aromatic heterocycles. The molecule has 0 heterocycles. The Morgan fingerprint density at radius 1 is 1.27 bits per heavy atom. The number of nitrogens with zero attached hydrogens (tertiary/aromatic N) is 1. The Bertz CT molecular complexity index is 201. The number of hydrogen-bond acceptors (Lipinski definition) is 3. The lowest BCUT2D eigenvalue weighted by atomic mass is 10.3. The van der Waals surface area contributed by atoms with Crippen LogP contribution in [0.5, 0.6) is 0 Å². The fraction of sp³-hybridized carbons (Fsp3) is 0.250. The zero-order valence-electron chi connectivity index (χ0n) is 6.27. The first kappa shape index (κ1) is 8.04. The quantitative estimate of drug-likeness (QED) is 0.631. The molecular weight excluding hydrogens is 140 g/mol. The lowest BCUT2D eigenvalue weighted by Gasteiger charge is -2.14.